The summed E-state index contributed by atoms with van der Waals surface area (Å²) in [6.07, 6.45) is 0.969. The van der Waals surface area contributed by atoms with E-state index in [0.717, 1.165) is 0 Å². The molecule has 2 aromatic rings. The van der Waals surface area contributed by atoms with Gasteiger partial charge in [-0.2, -0.15) is 0 Å². The van der Waals surface area contributed by atoms with Gasteiger partial charge in [0.05, 0.1) is 12.0 Å². The Morgan fingerprint density at radius 2 is 2.00 bits per heavy atom. The molecule has 0 saturated heterocycles. The van der Waals surface area contributed by atoms with Gasteiger partial charge in [-0.15, -0.1) is 0 Å². The number of carbonyl (C=O) groups excluding carboxylic acids is 1. The van der Waals surface area contributed by atoms with Crippen molar-refractivity contribution in [1.82, 2.24) is 0 Å². The molecule has 4 nitrogen and oxygen atoms in total. The van der Waals surface area contributed by atoms with Gasteiger partial charge in [0.2, 0.25) is 0 Å². The lowest BCUT2D eigenvalue weighted by Gasteiger charge is -2.25. The van der Waals surface area contributed by atoms with E-state index >= 15 is 0 Å². The number of nitrogens with zero attached hydrogens (tertiary/aromatic N) is 1. The summed E-state index contributed by atoms with van der Waals surface area (Å²) in [7, 11) is 1.54. The van der Waals surface area contributed by atoms with Crippen molar-refractivity contribution in [3.63, 3.8) is 0 Å². The van der Waals surface area contributed by atoms with Crippen molar-refractivity contribution in [2.45, 2.75) is 26.4 Å². The van der Waals surface area contributed by atoms with E-state index in [-0.39, 0.29) is 0 Å². The highest BCUT2D eigenvalue weighted by molar-refractivity contribution is 5.92. The summed E-state index contributed by atoms with van der Waals surface area (Å²) in [6, 6.07) is 7.66. The number of benzene rings is 1. The molecule has 0 spiro atoms. The molecule has 5 heteroatoms. The lowest BCUT2D eigenvalue weighted by atomic mass is 10.1. The van der Waals surface area contributed by atoms with E-state index in [9.17, 15) is 9.18 Å². The molecule has 0 saturated carbocycles. The minimum absolute atomic E-state index is 0.388. The van der Waals surface area contributed by atoms with Gasteiger partial charge in [0.1, 0.15) is 17.2 Å². The van der Waals surface area contributed by atoms with Crippen LogP contribution in [-0.4, -0.2) is 18.7 Å². The molecule has 0 N–H and O–H groups in total. The summed E-state index contributed by atoms with van der Waals surface area (Å²) in [5.74, 6) is 0.121. The Hall–Kier alpha value is -2.30. The van der Waals surface area contributed by atoms with Crippen molar-refractivity contribution in [2.75, 3.05) is 11.9 Å². The zero-order valence-corrected chi connectivity index (χ0v) is 12.5. The standard InChI is InChI=1S/C16H18FNO3/c1-16(2,3)21-15(19)18(4)13-10-11(17)7-8-12(13)14-6-5-9-20-14/h5-10H,1-4H3. The van der Waals surface area contributed by atoms with Crippen molar-refractivity contribution in [3.8, 4) is 11.3 Å². The molecular weight excluding hydrogens is 273 g/mol. The zero-order valence-electron chi connectivity index (χ0n) is 12.5. The van der Waals surface area contributed by atoms with Crippen LogP contribution in [0.2, 0.25) is 0 Å². The quantitative estimate of drug-likeness (QED) is 0.820. The Balaban J connectivity index is 2.38. The highest BCUT2D eigenvalue weighted by Crippen LogP contribution is 2.32. The minimum Gasteiger partial charge on any atom is -0.464 e. The van der Waals surface area contributed by atoms with Crippen LogP contribution in [0.25, 0.3) is 11.3 Å². The van der Waals surface area contributed by atoms with Crippen LogP contribution in [0.5, 0.6) is 0 Å². The largest absolute Gasteiger partial charge is 0.464 e. The van der Waals surface area contributed by atoms with Crippen molar-refractivity contribution >= 4 is 11.8 Å². The molecular formula is C16H18FNO3. The molecule has 1 heterocycles. The van der Waals surface area contributed by atoms with Crippen molar-refractivity contribution in [2.24, 2.45) is 0 Å². The maximum atomic E-state index is 13.5. The third-order valence-electron chi connectivity index (χ3n) is 2.78. The second kappa shape index (κ2) is 5.60. The molecule has 1 aromatic heterocycles. The van der Waals surface area contributed by atoms with E-state index in [1.165, 1.54) is 30.3 Å². The van der Waals surface area contributed by atoms with Crippen LogP contribution in [0.4, 0.5) is 14.9 Å². The summed E-state index contributed by atoms with van der Waals surface area (Å²) in [6.45, 7) is 5.33. The fourth-order valence-corrected chi connectivity index (χ4v) is 1.85. The second-order valence-corrected chi connectivity index (χ2v) is 5.68. The molecule has 1 aromatic carbocycles. The first-order valence-corrected chi connectivity index (χ1v) is 6.58. The van der Waals surface area contributed by atoms with Crippen LogP contribution in [0.15, 0.2) is 41.0 Å². The highest BCUT2D eigenvalue weighted by Gasteiger charge is 2.23. The third-order valence-corrected chi connectivity index (χ3v) is 2.78. The van der Waals surface area contributed by atoms with Crippen molar-refractivity contribution in [3.05, 3.63) is 42.4 Å². The number of furan rings is 1. The Labute approximate surface area is 123 Å². The average molecular weight is 291 g/mol. The Kier molecular flexibility index (Phi) is 4.02. The SMILES string of the molecule is CN(C(=O)OC(C)(C)C)c1cc(F)ccc1-c1ccco1. The molecule has 0 aliphatic heterocycles. The van der Waals surface area contributed by atoms with Gasteiger partial charge >= 0.3 is 6.09 Å². The number of hydrogen-bond donors (Lipinski definition) is 0. The monoisotopic (exact) mass is 291 g/mol. The molecule has 0 bridgehead atoms. The lowest BCUT2D eigenvalue weighted by molar-refractivity contribution is 0.0589. The Morgan fingerprint density at radius 1 is 1.29 bits per heavy atom. The number of halogens is 1. The number of amides is 1. The molecule has 0 aliphatic carbocycles. The van der Waals surface area contributed by atoms with Gasteiger partial charge in [-0.1, -0.05) is 0 Å². The van der Waals surface area contributed by atoms with Crippen LogP contribution in [0.3, 0.4) is 0 Å². The van der Waals surface area contributed by atoms with Crippen LogP contribution in [0.1, 0.15) is 20.8 Å². The van der Waals surface area contributed by atoms with Crippen molar-refractivity contribution in [1.29, 1.82) is 0 Å². The minimum atomic E-state index is -0.622. The fraction of sp³-hybridized carbons (Fsp3) is 0.312. The predicted octanol–water partition coefficient (Wildman–Crippen LogP) is 4.46. The smallest absolute Gasteiger partial charge is 0.414 e. The van der Waals surface area contributed by atoms with Gasteiger partial charge in [-0.25, -0.2) is 9.18 Å². The number of rotatable bonds is 2. The molecule has 112 valence electrons. The molecule has 0 aliphatic rings. The van der Waals surface area contributed by atoms with E-state index < -0.39 is 17.5 Å². The lowest BCUT2D eigenvalue weighted by Crippen LogP contribution is -2.34. The molecule has 1 amide bonds. The molecule has 0 fully saturated rings. The van der Waals surface area contributed by atoms with E-state index in [1.54, 1.807) is 39.0 Å². The normalized spacial score (nSPS) is 11.3. The third kappa shape index (κ3) is 3.62. The Morgan fingerprint density at radius 3 is 2.57 bits per heavy atom. The van der Waals surface area contributed by atoms with E-state index in [0.29, 0.717) is 17.0 Å². The predicted molar refractivity (Wildman–Crippen MR) is 78.7 cm³/mol. The van der Waals surface area contributed by atoms with Gasteiger partial charge in [-0.05, 0) is 51.1 Å². The molecule has 21 heavy (non-hydrogen) atoms. The van der Waals surface area contributed by atoms with Gasteiger partial charge < -0.3 is 9.15 Å². The summed E-state index contributed by atoms with van der Waals surface area (Å²) < 4.78 is 24.2. The first kappa shape index (κ1) is 15.1. The van der Waals surface area contributed by atoms with Crippen LogP contribution < -0.4 is 4.90 Å². The zero-order chi connectivity index (χ0) is 15.6. The summed E-state index contributed by atoms with van der Waals surface area (Å²) in [5, 5.41) is 0. The number of ether oxygens (including phenoxy) is 1. The van der Waals surface area contributed by atoms with Gasteiger partial charge in [-0.3, -0.25) is 4.90 Å². The van der Waals surface area contributed by atoms with Crippen molar-refractivity contribution < 1.29 is 18.3 Å². The highest BCUT2D eigenvalue weighted by atomic mass is 19.1. The molecule has 0 unspecified atom stereocenters. The first-order valence-electron chi connectivity index (χ1n) is 6.58. The Bertz CT molecular complexity index is 629. The molecule has 2 rings (SSSR count). The van der Waals surface area contributed by atoms with Gasteiger partial charge in [0, 0.05) is 12.6 Å². The second-order valence-electron chi connectivity index (χ2n) is 5.68. The topological polar surface area (TPSA) is 42.7 Å². The van der Waals surface area contributed by atoms with E-state index in [4.69, 9.17) is 9.15 Å². The van der Waals surface area contributed by atoms with Crippen LogP contribution >= 0.6 is 0 Å². The summed E-state index contributed by atoms with van der Waals surface area (Å²) in [5.41, 5.74) is 0.387. The number of carbonyl (C=O) groups is 1. The summed E-state index contributed by atoms with van der Waals surface area (Å²) in [4.78, 5) is 13.4. The maximum Gasteiger partial charge on any atom is 0.414 e. The van der Waals surface area contributed by atoms with Gasteiger partial charge in [0.15, 0.2) is 0 Å². The van der Waals surface area contributed by atoms with Crippen LogP contribution in [-0.2, 0) is 4.74 Å². The van der Waals surface area contributed by atoms with Crippen LogP contribution in [0, 0.1) is 5.82 Å². The van der Waals surface area contributed by atoms with Gasteiger partial charge in [0.25, 0.3) is 0 Å². The summed E-state index contributed by atoms with van der Waals surface area (Å²) >= 11 is 0. The van der Waals surface area contributed by atoms with E-state index in [2.05, 4.69) is 0 Å². The first-order chi connectivity index (χ1) is 9.78. The average Bonchev–Trinajstić information content (AvgIpc) is 2.89. The maximum absolute atomic E-state index is 13.5. The molecule has 0 atom stereocenters. The number of hydrogen-bond acceptors (Lipinski definition) is 3. The fourth-order valence-electron chi connectivity index (χ4n) is 1.85. The number of anilines is 1. The van der Waals surface area contributed by atoms with E-state index in [1.807, 2.05) is 0 Å². The molecule has 0 radical (unpaired) electrons.